The number of benzene rings is 1. The first-order valence-corrected chi connectivity index (χ1v) is 8.01. The molecule has 2 unspecified atom stereocenters. The van der Waals surface area contributed by atoms with Gasteiger partial charge in [-0.05, 0) is 51.5 Å². The highest BCUT2D eigenvalue weighted by Gasteiger charge is 2.26. The summed E-state index contributed by atoms with van der Waals surface area (Å²) in [6, 6.07) is 5.13. The number of ether oxygens (including phenoxy) is 1. The molecule has 6 heteroatoms. The second-order valence-corrected chi connectivity index (χ2v) is 5.98. The lowest BCUT2D eigenvalue weighted by Crippen LogP contribution is -2.49. The van der Waals surface area contributed by atoms with Crippen molar-refractivity contribution < 1.29 is 14.3 Å². The first-order valence-electron chi connectivity index (χ1n) is 8.01. The Kier molecular flexibility index (Phi) is 5.60. The van der Waals surface area contributed by atoms with Gasteiger partial charge in [-0.25, -0.2) is 4.79 Å². The molecule has 1 fully saturated rings. The Hall–Kier alpha value is -2.08. The van der Waals surface area contributed by atoms with Crippen LogP contribution in [0, 0.1) is 6.92 Å². The van der Waals surface area contributed by atoms with Crippen LogP contribution in [0.5, 0.6) is 0 Å². The summed E-state index contributed by atoms with van der Waals surface area (Å²) in [5.74, 6) is -0.107. The number of hydrogen-bond acceptors (Lipinski definition) is 3. The third-order valence-electron chi connectivity index (χ3n) is 3.77. The van der Waals surface area contributed by atoms with Gasteiger partial charge in [-0.2, -0.15) is 0 Å². The summed E-state index contributed by atoms with van der Waals surface area (Å²) >= 11 is 0. The number of morpholine rings is 1. The standard InChI is InChI=1S/C17H25N3O3/c1-5-18-16(21)14-6-7-15(11(2)8-14)19-17(22)20-9-12(3)23-13(4)10-20/h6-8,12-13H,5,9-10H2,1-4H3,(H,18,21)(H,19,22). The summed E-state index contributed by atoms with van der Waals surface area (Å²) in [5, 5.41) is 5.68. The van der Waals surface area contributed by atoms with Gasteiger partial charge in [-0.3, -0.25) is 4.79 Å². The second-order valence-electron chi connectivity index (χ2n) is 5.98. The molecule has 0 aromatic heterocycles. The van der Waals surface area contributed by atoms with Crippen LogP contribution in [-0.4, -0.2) is 48.7 Å². The average molecular weight is 319 g/mol. The Balaban J connectivity index is 2.05. The number of nitrogens with zero attached hydrogens (tertiary/aromatic N) is 1. The van der Waals surface area contributed by atoms with Crippen molar-refractivity contribution in [3.05, 3.63) is 29.3 Å². The van der Waals surface area contributed by atoms with Gasteiger partial charge in [0.2, 0.25) is 0 Å². The smallest absolute Gasteiger partial charge is 0.322 e. The molecule has 2 rings (SSSR count). The molecule has 0 saturated carbocycles. The lowest BCUT2D eigenvalue weighted by atomic mass is 10.1. The van der Waals surface area contributed by atoms with Gasteiger partial charge in [-0.15, -0.1) is 0 Å². The monoisotopic (exact) mass is 319 g/mol. The van der Waals surface area contributed by atoms with E-state index in [4.69, 9.17) is 4.74 Å². The number of rotatable bonds is 3. The number of amides is 3. The van der Waals surface area contributed by atoms with E-state index < -0.39 is 0 Å². The van der Waals surface area contributed by atoms with Crippen molar-refractivity contribution in [3.63, 3.8) is 0 Å². The largest absolute Gasteiger partial charge is 0.372 e. The second kappa shape index (κ2) is 7.46. The molecule has 2 atom stereocenters. The quantitative estimate of drug-likeness (QED) is 0.898. The summed E-state index contributed by atoms with van der Waals surface area (Å²) in [6.45, 7) is 9.42. The highest BCUT2D eigenvalue weighted by atomic mass is 16.5. The first kappa shape index (κ1) is 17.3. The van der Waals surface area contributed by atoms with Crippen molar-refractivity contribution >= 4 is 17.6 Å². The molecule has 0 aliphatic carbocycles. The van der Waals surface area contributed by atoms with Crippen molar-refractivity contribution in [2.75, 3.05) is 25.0 Å². The summed E-state index contributed by atoms with van der Waals surface area (Å²) in [7, 11) is 0. The average Bonchev–Trinajstić information content (AvgIpc) is 2.48. The fourth-order valence-electron chi connectivity index (χ4n) is 2.75. The van der Waals surface area contributed by atoms with E-state index >= 15 is 0 Å². The van der Waals surface area contributed by atoms with E-state index in [1.165, 1.54) is 0 Å². The number of hydrogen-bond donors (Lipinski definition) is 2. The minimum Gasteiger partial charge on any atom is -0.372 e. The maximum atomic E-state index is 12.4. The Morgan fingerprint density at radius 3 is 2.48 bits per heavy atom. The van der Waals surface area contributed by atoms with Gasteiger partial charge >= 0.3 is 6.03 Å². The van der Waals surface area contributed by atoms with Gasteiger partial charge < -0.3 is 20.3 Å². The van der Waals surface area contributed by atoms with Crippen molar-refractivity contribution in [2.45, 2.75) is 39.9 Å². The van der Waals surface area contributed by atoms with Gasteiger partial charge in [0.15, 0.2) is 0 Å². The maximum Gasteiger partial charge on any atom is 0.322 e. The molecule has 0 spiro atoms. The van der Waals surface area contributed by atoms with E-state index in [0.29, 0.717) is 25.2 Å². The van der Waals surface area contributed by atoms with Crippen LogP contribution >= 0.6 is 0 Å². The number of carbonyl (C=O) groups excluding carboxylic acids is 2. The highest BCUT2D eigenvalue weighted by molar-refractivity contribution is 5.96. The van der Waals surface area contributed by atoms with Gasteiger partial charge in [0.1, 0.15) is 0 Å². The Bertz CT molecular complexity index is 578. The SMILES string of the molecule is CCNC(=O)c1ccc(NC(=O)N2CC(C)OC(C)C2)c(C)c1. The fourth-order valence-corrected chi connectivity index (χ4v) is 2.75. The fraction of sp³-hybridized carbons (Fsp3) is 0.529. The van der Waals surface area contributed by atoms with Crippen molar-refractivity contribution in [3.8, 4) is 0 Å². The number of aryl methyl sites for hydroxylation is 1. The van der Waals surface area contributed by atoms with Crippen molar-refractivity contribution in [2.24, 2.45) is 0 Å². The van der Waals surface area contributed by atoms with Crippen LogP contribution in [0.25, 0.3) is 0 Å². The maximum absolute atomic E-state index is 12.4. The minimum atomic E-state index is -0.138. The van der Waals surface area contributed by atoms with Crippen LogP contribution < -0.4 is 10.6 Å². The molecule has 23 heavy (non-hydrogen) atoms. The van der Waals surface area contributed by atoms with Gasteiger partial charge in [-0.1, -0.05) is 0 Å². The van der Waals surface area contributed by atoms with Crippen LogP contribution in [0.4, 0.5) is 10.5 Å². The molecule has 0 bridgehead atoms. The molecule has 1 aromatic rings. The van der Waals surface area contributed by atoms with E-state index in [9.17, 15) is 9.59 Å². The van der Waals surface area contributed by atoms with Gasteiger partial charge in [0.25, 0.3) is 5.91 Å². The number of anilines is 1. The number of urea groups is 1. The van der Waals surface area contributed by atoms with Crippen molar-refractivity contribution in [1.82, 2.24) is 10.2 Å². The molecule has 1 aromatic carbocycles. The zero-order valence-corrected chi connectivity index (χ0v) is 14.2. The molecule has 1 aliphatic rings. The van der Waals surface area contributed by atoms with Crippen LogP contribution in [0.1, 0.15) is 36.7 Å². The lowest BCUT2D eigenvalue weighted by Gasteiger charge is -2.35. The van der Waals surface area contributed by atoms with E-state index in [2.05, 4.69) is 10.6 Å². The minimum absolute atomic E-state index is 0.0331. The molecule has 126 valence electrons. The predicted octanol–water partition coefficient (Wildman–Crippen LogP) is 2.39. The summed E-state index contributed by atoms with van der Waals surface area (Å²) in [6.07, 6.45) is 0.0661. The summed E-state index contributed by atoms with van der Waals surface area (Å²) < 4.78 is 5.64. The molecular formula is C17H25N3O3. The molecule has 0 radical (unpaired) electrons. The van der Waals surface area contributed by atoms with Gasteiger partial charge in [0, 0.05) is 30.9 Å². The summed E-state index contributed by atoms with van der Waals surface area (Å²) in [4.78, 5) is 26.0. The topological polar surface area (TPSA) is 70.7 Å². The van der Waals surface area contributed by atoms with E-state index in [1.807, 2.05) is 27.7 Å². The first-order chi connectivity index (χ1) is 10.9. The van der Waals surface area contributed by atoms with E-state index in [-0.39, 0.29) is 24.1 Å². The molecule has 3 amide bonds. The van der Waals surface area contributed by atoms with Crippen LogP contribution in [0.2, 0.25) is 0 Å². The molecule has 6 nitrogen and oxygen atoms in total. The van der Waals surface area contributed by atoms with Gasteiger partial charge in [0.05, 0.1) is 12.2 Å². The molecular weight excluding hydrogens is 294 g/mol. The predicted molar refractivity (Wildman–Crippen MR) is 89.8 cm³/mol. The van der Waals surface area contributed by atoms with E-state index in [0.717, 1.165) is 11.3 Å². The van der Waals surface area contributed by atoms with Crippen LogP contribution in [0.15, 0.2) is 18.2 Å². The molecule has 1 saturated heterocycles. The van der Waals surface area contributed by atoms with Crippen LogP contribution in [0.3, 0.4) is 0 Å². The molecule has 1 aliphatic heterocycles. The molecule has 2 N–H and O–H groups in total. The Labute approximate surface area is 137 Å². The third-order valence-corrected chi connectivity index (χ3v) is 3.77. The third kappa shape index (κ3) is 4.45. The Morgan fingerprint density at radius 1 is 1.26 bits per heavy atom. The Morgan fingerprint density at radius 2 is 1.91 bits per heavy atom. The number of carbonyl (C=O) groups is 2. The van der Waals surface area contributed by atoms with Crippen LogP contribution in [-0.2, 0) is 4.74 Å². The summed E-state index contributed by atoms with van der Waals surface area (Å²) in [5.41, 5.74) is 2.17. The zero-order chi connectivity index (χ0) is 17.0. The highest BCUT2D eigenvalue weighted by Crippen LogP contribution is 2.18. The zero-order valence-electron chi connectivity index (χ0n) is 14.2. The normalized spacial score (nSPS) is 21.0. The number of nitrogens with one attached hydrogen (secondary N) is 2. The molecule has 1 heterocycles. The lowest BCUT2D eigenvalue weighted by molar-refractivity contribution is -0.0530. The van der Waals surface area contributed by atoms with Crippen molar-refractivity contribution in [1.29, 1.82) is 0 Å². The van der Waals surface area contributed by atoms with E-state index in [1.54, 1.807) is 23.1 Å².